The topological polar surface area (TPSA) is 34.1 Å². The first-order valence-corrected chi connectivity index (χ1v) is 8.75. The van der Waals surface area contributed by atoms with Crippen molar-refractivity contribution < 1.29 is 9.59 Å². The van der Waals surface area contributed by atoms with Gasteiger partial charge in [0.15, 0.2) is 0 Å². The van der Waals surface area contributed by atoms with Crippen LogP contribution < -0.4 is 0 Å². The monoisotopic (exact) mass is 322 g/mol. The molecule has 0 aliphatic heterocycles. The van der Waals surface area contributed by atoms with Crippen LogP contribution in [0.3, 0.4) is 0 Å². The molecule has 118 valence electrons. The normalized spacial score (nSPS) is 20.0. The third-order valence-electron chi connectivity index (χ3n) is 3.85. The van der Waals surface area contributed by atoms with Crippen molar-refractivity contribution >= 4 is 33.7 Å². The number of rotatable bonds is 2. The molecule has 4 heteroatoms. The average molecular weight is 323 g/mol. The van der Waals surface area contributed by atoms with E-state index < -0.39 is 0 Å². The predicted molar refractivity (Wildman–Crippen MR) is 86.2 cm³/mol. The maximum absolute atomic E-state index is 10.6. The lowest BCUT2D eigenvalue weighted by Crippen LogP contribution is -2.12. The number of hydrogen-bond donors (Lipinski definition) is 0. The van der Waals surface area contributed by atoms with Gasteiger partial charge in [-0.3, -0.25) is 9.59 Å². The van der Waals surface area contributed by atoms with E-state index >= 15 is 0 Å². The highest BCUT2D eigenvalue weighted by Crippen LogP contribution is 2.25. The van der Waals surface area contributed by atoms with Crippen LogP contribution in [0.5, 0.6) is 0 Å². The Labute approximate surface area is 133 Å². The maximum atomic E-state index is 10.6. The van der Waals surface area contributed by atoms with Crippen LogP contribution in [0.15, 0.2) is 0 Å². The number of carbonyl (C=O) groups is 2. The van der Waals surface area contributed by atoms with Gasteiger partial charge in [-0.25, -0.2) is 0 Å². The molecule has 0 aromatic rings. The lowest BCUT2D eigenvalue weighted by Gasteiger charge is -2.16. The van der Waals surface area contributed by atoms with Crippen LogP contribution in [-0.4, -0.2) is 10.5 Å². The van der Waals surface area contributed by atoms with E-state index in [1.807, 2.05) is 13.8 Å². The number of hydrogen-bond acceptors (Lipinski definition) is 2. The van der Waals surface area contributed by atoms with Gasteiger partial charge in [0.05, 0.1) is 0 Å². The third kappa shape index (κ3) is 8.97. The van der Waals surface area contributed by atoms with Crippen molar-refractivity contribution in [3.63, 3.8) is 0 Å². The molecule has 0 aromatic heterocycles. The molecule has 0 heterocycles. The van der Waals surface area contributed by atoms with Gasteiger partial charge in [0.1, 0.15) is 0 Å². The largest absolute Gasteiger partial charge is 0.281 e. The summed E-state index contributed by atoms with van der Waals surface area (Å²) >= 11 is 10.6. The number of halogens is 2. The lowest BCUT2D eigenvalue weighted by atomic mass is 9.90. The Morgan fingerprint density at radius 2 is 0.900 bits per heavy atom. The second-order valence-electron chi connectivity index (χ2n) is 5.28. The molecule has 0 spiro atoms. The van der Waals surface area contributed by atoms with E-state index in [0.29, 0.717) is 0 Å². The average Bonchev–Trinajstić information content (AvgIpc) is 2.51. The SMILES string of the molecule is CC.O=C(Cl)C1CCCCC1.O=C(Cl)C1CCCCC1. The van der Waals surface area contributed by atoms with Crippen molar-refractivity contribution in [2.75, 3.05) is 0 Å². The highest BCUT2D eigenvalue weighted by Gasteiger charge is 2.19. The molecule has 0 amide bonds. The predicted octanol–water partition coefficient (Wildman–Crippen LogP) is 5.69. The summed E-state index contributed by atoms with van der Waals surface area (Å²) in [5.41, 5.74) is 0. The van der Waals surface area contributed by atoms with Crippen LogP contribution in [-0.2, 0) is 9.59 Å². The zero-order chi connectivity index (χ0) is 15.4. The quantitative estimate of drug-likeness (QED) is 0.612. The Bertz CT molecular complexity index is 240. The van der Waals surface area contributed by atoms with E-state index in [4.69, 9.17) is 23.2 Å². The van der Waals surface area contributed by atoms with E-state index in [1.165, 1.54) is 38.5 Å². The molecule has 2 nitrogen and oxygen atoms in total. The van der Waals surface area contributed by atoms with E-state index in [2.05, 4.69) is 0 Å². The standard InChI is InChI=1S/2C7H11ClO.C2H6/c2*8-7(9)6-4-2-1-3-5-6;1-2/h2*6H,1-5H2;1-2H3. The fraction of sp³-hybridized carbons (Fsp3) is 0.875. The van der Waals surface area contributed by atoms with Gasteiger partial charge < -0.3 is 0 Å². The van der Waals surface area contributed by atoms with E-state index in [0.717, 1.165) is 25.7 Å². The van der Waals surface area contributed by atoms with Crippen molar-refractivity contribution in [1.29, 1.82) is 0 Å². The molecule has 2 rings (SSSR count). The minimum atomic E-state index is -0.130. The zero-order valence-electron chi connectivity index (χ0n) is 12.8. The van der Waals surface area contributed by atoms with Gasteiger partial charge in [-0.2, -0.15) is 0 Å². The first-order chi connectivity index (χ1) is 9.61. The van der Waals surface area contributed by atoms with Crippen molar-refractivity contribution in [3.05, 3.63) is 0 Å². The zero-order valence-corrected chi connectivity index (χ0v) is 14.3. The van der Waals surface area contributed by atoms with Crippen molar-refractivity contribution in [1.82, 2.24) is 0 Å². The fourth-order valence-electron chi connectivity index (χ4n) is 2.66. The Hall–Kier alpha value is -0.0800. The number of carbonyl (C=O) groups excluding carboxylic acids is 2. The van der Waals surface area contributed by atoms with Crippen LogP contribution >= 0.6 is 23.2 Å². The third-order valence-corrected chi connectivity index (χ3v) is 4.47. The molecule has 2 aliphatic carbocycles. The summed E-state index contributed by atoms with van der Waals surface area (Å²) in [5, 5.41) is -0.260. The lowest BCUT2D eigenvalue weighted by molar-refractivity contribution is -0.116. The Balaban J connectivity index is 0.000000321. The van der Waals surface area contributed by atoms with Crippen molar-refractivity contribution in [3.8, 4) is 0 Å². The maximum Gasteiger partial charge on any atom is 0.224 e. The van der Waals surface area contributed by atoms with Gasteiger partial charge >= 0.3 is 0 Å². The molecule has 0 atom stereocenters. The van der Waals surface area contributed by atoms with Crippen LogP contribution in [0.2, 0.25) is 0 Å². The Morgan fingerprint density at radius 3 is 1.05 bits per heavy atom. The van der Waals surface area contributed by atoms with Crippen LogP contribution in [0, 0.1) is 11.8 Å². The molecule has 2 saturated carbocycles. The summed E-state index contributed by atoms with van der Waals surface area (Å²) in [6.45, 7) is 4.00. The first-order valence-electron chi connectivity index (χ1n) is 8.00. The molecule has 0 unspecified atom stereocenters. The van der Waals surface area contributed by atoms with Gasteiger partial charge in [-0.1, -0.05) is 52.4 Å². The van der Waals surface area contributed by atoms with E-state index in [-0.39, 0.29) is 22.3 Å². The van der Waals surface area contributed by atoms with Gasteiger partial charge in [0, 0.05) is 11.8 Å². The molecule has 2 aliphatic rings. The van der Waals surface area contributed by atoms with Crippen molar-refractivity contribution in [2.45, 2.75) is 78.1 Å². The van der Waals surface area contributed by atoms with Gasteiger partial charge in [0.2, 0.25) is 10.5 Å². The first kappa shape index (κ1) is 19.9. The molecule has 0 radical (unpaired) electrons. The summed E-state index contributed by atoms with van der Waals surface area (Å²) in [4.78, 5) is 21.1. The molecule has 0 bridgehead atoms. The molecule has 2 fully saturated rings. The summed E-state index contributed by atoms with van der Waals surface area (Å²) < 4.78 is 0. The molecular weight excluding hydrogens is 295 g/mol. The summed E-state index contributed by atoms with van der Waals surface area (Å²) in [6.07, 6.45) is 11.4. The minimum absolute atomic E-state index is 0.130. The second kappa shape index (κ2) is 12.6. The molecule has 0 aromatic carbocycles. The summed E-state index contributed by atoms with van der Waals surface area (Å²) in [5.74, 6) is 0.362. The molecule has 0 saturated heterocycles. The summed E-state index contributed by atoms with van der Waals surface area (Å²) in [6, 6.07) is 0. The van der Waals surface area contributed by atoms with Crippen LogP contribution in [0.4, 0.5) is 0 Å². The fourth-order valence-corrected chi connectivity index (χ4v) is 3.10. The Morgan fingerprint density at radius 1 is 0.650 bits per heavy atom. The minimum Gasteiger partial charge on any atom is -0.281 e. The molecular formula is C16H28Cl2O2. The summed E-state index contributed by atoms with van der Waals surface area (Å²) in [7, 11) is 0. The highest BCUT2D eigenvalue weighted by molar-refractivity contribution is 6.64. The van der Waals surface area contributed by atoms with Gasteiger partial charge in [-0.15, -0.1) is 0 Å². The molecule has 20 heavy (non-hydrogen) atoms. The second-order valence-corrected chi connectivity index (χ2v) is 6.02. The van der Waals surface area contributed by atoms with Crippen molar-refractivity contribution in [2.24, 2.45) is 11.8 Å². The van der Waals surface area contributed by atoms with Gasteiger partial charge in [0.25, 0.3) is 0 Å². The van der Waals surface area contributed by atoms with E-state index in [9.17, 15) is 9.59 Å². The van der Waals surface area contributed by atoms with Crippen LogP contribution in [0.25, 0.3) is 0 Å². The van der Waals surface area contributed by atoms with Gasteiger partial charge in [-0.05, 0) is 48.9 Å². The Kier molecular flexibility index (Phi) is 12.6. The smallest absolute Gasteiger partial charge is 0.224 e. The van der Waals surface area contributed by atoms with E-state index in [1.54, 1.807) is 0 Å². The van der Waals surface area contributed by atoms with Crippen LogP contribution in [0.1, 0.15) is 78.1 Å². The highest BCUT2D eigenvalue weighted by atomic mass is 35.5. The molecule has 0 N–H and O–H groups in total.